The highest BCUT2D eigenvalue weighted by Gasteiger charge is 2.27. The molecule has 0 bridgehead atoms. The van der Waals surface area contributed by atoms with Gasteiger partial charge in [0.2, 0.25) is 5.91 Å². The molecule has 0 aliphatic carbocycles. The van der Waals surface area contributed by atoms with Gasteiger partial charge in [0.05, 0.1) is 14.2 Å². The topological polar surface area (TPSA) is 85.7 Å². The maximum absolute atomic E-state index is 12.6. The van der Waals surface area contributed by atoms with E-state index in [9.17, 15) is 9.59 Å². The molecule has 8 nitrogen and oxygen atoms in total. The van der Waals surface area contributed by atoms with E-state index in [1.807, 2.05) is 29.9 Å². The molecule has 144 valence electrons. The van der Waals surface area contributed by atoms with Crippen LogP contribution < -0.4 is 14.8 Å². The Kier molecular flexibility index (Phi) is 5.90. The molecule has 1 aromatic heterocycles. The van der Waals surface area contributed by atoms with Crippen LogP contribution in [0.4, 0.5) is 4.79 Å². The fourth-order valence-electron chi connectivity index (χ4n) is 2.90. The lowest BCUT2D eigenvalue weighted by Gasteiger charge is -2.22. The molecule has 1 saturated heterocycles. The van der Waals surface area contributed by atoms with Crippen LogP contribution in [0.2, 0.25) is 0 Å². The number of hydrogen-bond donors (Lipinski definition) is 1. The van der Waals surface area contributed by atoms with Gasteiger partial charge in [0.15, 0.2) is 0 Å². The van der Waals surface area contributed by atoms with E-state index in [1.54, 1.807) is 31.4 Å². The molecule has 2 amide bonds. The molecule has 1 N–H and O–H groups in total. The molecular weight excluding hydrogens is 368 g/mol. The third-order valence-corrected chi connectivity index (χ3v) is 5.20. The molecular formula is C18H22N4O4S. The van der Waals surface area contributed by atoms with Crippen LogP contribution in [-0.4, -0.2) is 58.7 Å². The summed E-state index contributed by atoms with van der Waals surface area (Å²) < 4.78 is 12.5. The number of carbonyl (C=O) groups is 2. The number of methoxy groups -OCH3 is 2. The Bertz CT molecular complexity index is 816. The third kappa shape index (κ3) is 4.36. The molecule has 9 heteroatoms. The van der Waals surface area contributed by atoms with Crippen LogP contribution in [-0.2, 0) is 11.8 Å². The smallest absolute Gasteiger partial charge is 0.282 e. The van der Waals surface area contributed by atoms with Crippen molar-refractivity contribution in [1.29, 1.82) is 0 Å². The molecule has 1 aliphatic heterocycles. The molecule has 27 heavy (non-hydrogen) atoms. The Balaban J connectivity index is 1.89. The van der Waals surface area contributed by atoms with Gasteiger partial charge in [0.1, 0.15) is 29.9 Å². The summed E-state index contributed by atoms with van der Waals surface area (Å²) in [5.41, 5.74) is 0.774. The molecule has 2 aromatic rings. The zero-order valence-corrected chi connectivity index (χ0v) is 16.3. The predicted octanol–water partition coefficient (Wildman–Crippen LogP) is 1.81. The van der Waals surface area contributed by atoms with Crippen molar-refractivity contribution in [3.05, 3.63) is 42.0 Å². The lowest BCUT2D eigenvalue weighted by atomic mass is 10.0. The molecule has 0 saturated carbocycles. The second kappa shape index (κ2) is 8.34. The molecule has 0 radical (unpaired) electrons. The lowest BCUT2D eigenvalue weighted by molar-refractivity contribution is -0.122. The van der Waals surface area contributed by atoms with Crippen molar-refractivity contribution in [2.24, 2.45) is 7.05 Å². The highest BCUT2D eigenvalue weighted by atomic mass is 32.2. The van der Waals surface area contributed by atoms with Crippen molar-refractivity contribution in [3.63, 3.8) is 0 Å². The Hall–Kier alpha value is -2.68. The number of ether oxygens (including phenoxy) is 2. The molecule has 3 rings (SSSR count). The minimum absolute atomic E-state index is 0.0217. The fourth-order valence-corrected chi connectivity index (χ4v) is 3.72. The summed E-state index contributed by atoms with van der Waals surface area (Å²) in [6.45, 7) is 0.602. The Morgan fingerprint density at radius 2 is 2.00 bits per heavy atom. The van der Waals surface area contributed by atoms with Gasteiger partial charge in [-0.2, -0.15) is 0 Å². The van der Waals surface area contributed by atoms with Crippen molar-refractivity contribution in [2.45, 2.75) is 6.04 Å². The number of imidazole rings is 1. The van der Waals surface area contributed by atoms with Gasteiger partial charge >= 0.3 is 0 Å². The van der Waals surface area contributed by atoms with Crippen LogP contribution in [0.1, 0.15) is 17.4 Å². The number of amides is 2. The van der Waals surface area contributed by atoms with E-state index in [0.29, 0.717) is 29.6 Å². The van der Waals surface area contributed by atoms with E-state index >= 15 is 0 Å². The summed E-state index contributed by atoms with van der Waals surface area (Å²) in [6, 6.07) is 4.92. The number of rotatable bonds is 7. The highest BCUT2D eigenvalue weighted by Crippen LogP contribution is 2.29. The van der Waals surface area contributed by atoms with Gasteiger partial charge in [-0.05, 0) is 17.7 Å². The highest BCUT2D eigenvalue weighted by molar-refractivity contribution is 8.13. The van der Waals surface area contributed by atoms with Gasteiger partial charge in [0, 0.05) is 37.8 Å². The normalized spacial score (nSPS) is 14.9. The van der Waals surface area contributed by atoms with Crippen LogP contribution >= 0.6 is 11.8 Å². The first-order chi connectivity index (χ1) is 13.0. The first-order valence-electron chi connectivity index (χ1n) is 8.43. The standard InChI is InChI=1S/C18H22N4O4S/c1-21-5-4-19-17(21)16(12-8-13(25-2)10-14(9-12)26-3)20-15(23)11-22-6-7-27-18(22)24/h4-5,8-10,16H,6-7,11H2,1-3H3,(H,20,23). The van der Waals surface area contributed by atoms with Crippen molar-refractivity contribution < 1.29 is 19.1 Å². The van der Waals surface area contributed by atoms with E-state index in [-0.39, 0.29) is 17.7 Å². The molecule has 1 aromatic carbocycles. The summed E-state index contributed by atoms with van der Waals surface area (Å²) in [5, 5.41) is 2.92. The Morgan fingerprint density at radius 3 is 2.52 bits per heavy atom. The van der Waals surface area contributed by atoms with Crippen molar-refractivity contribution in [1.82, 2.24) is 19.8 Å². The predicted molar refractivity (Wildman–Crippen MR) is 102 cm³/mol. The molecule has 0 spiro atoms. The maximum Gasteiger partial charge on any atom is 0.282 e. The first kappa shape index (κ1) is 19.1. The number of hydrogen-bond acceptors (Lipinski definition) is 6. The first-order valence-corrected chi connectivity index (χ1v) is 9.41. The van der Waals surface area contributed by atoms with Gasteiger partial charge in [-0.1, -0.05) is 11.8 Å². The van der Waals surface area contributed by atoms with E-state index < -0.39 is 6.04 Å². The van der Waals surface area contributed by atoms with E-state index in [4.69, 9.17) is 9.47 Å². The molecule has 2 heterocycles. The number of nitrogens with one attached hydrogen (secondary N) is 1. The van der Waals surface area contributed by atoms with Crippen molar-refractivity contribution in [3.8, 4) is 11.5 Å². The van der Waals surface area contributed by atoms with E-state index in [0.717, 1.165) is 5.56 Å². The number of nitrogens with zero attached hydrogens (tertiary/aromatic N) is 3. The van der Waals surface area contributed by atoms with Crippen LogP contribution in [0, 0.1) is 0 Å². The quantitative estimate of drug-likeness (QED) is 0.776. The van der Waals surface area contributed by atoms with Gasteiger partial charge < -0.3 is 24.3 Å². The third-order valence-electron chi connectivity index (χ3n) is 4.31. The average Bonchev–Trinajstić information content (AvgIpc) is 3.27. The fraction of sp³-hybridized carbons (Fsp3) is 0.389. The average molecular weight is 390 g/mol. The molecule has 1 aliphatic rings. The number of benzene rings is 1. The summed E-state index contributed by atoms with van der Waals surface area (Å²) in [4.78, 5) is 30.3. The minimum atomic E-state index is -0.508. The van der Waals surface area contributed by atoms with Gasteiger partial charge in [0.25, 0.3) is 5.24 Å². The number of carbonyl (C=O) groups excluding carboxylic acids is 2. The molecule has 1 atom stereocenters. The summed E-state index contributed by atoms with van der Waals surface area (Å²) >= 11 is 1.23. The molecule has 1 fully saturated rings. The SMILES string of the molecule is COc1cc(OC)cc(C(NC(=O)CN2CCSC2=O)c2nccn2C)c1. The molecule has 1 unspecified atom stereocenters. The van der Waals surface area contributed by atoms with Crippen LogP contribution in [0.15, 0.2) is 30.6 Å². The van der Waals surface area contributed by atoms with Crippen molar-refractivity contribution in [2.75, 3.05) is 33.1 Å². The van der Waals surface area contributed by atoms with E-state index in [2.05, 4.69) is 10.3 Å². The number of aryl methyl sites for hydroxylation is 1. The second-order valence-corrected chi connectivity index (χ2v) is 7.12. The van der Waals surface area contributed by atoms with E-state index in [1.165, 1.54) is 11.8 Å². The Labute approximate surface area is 161 Å². The largest absolute Gasteiger partial charge is 0.497 e. The summed E-state index contributed by atoms with van der Waals surface area (Å²) in [6.07, 6.45) is 3.49. The lowest BCUT2D eigenvalue weighted by Crippen LogP contribution is -2.40. The number of thioether (sulfide) groups is 1. The van der Waals surface area contributed by atoms with Crippen molar-refractivity contribution >= 4 is 22.9 Å². The maximum atomic E-state index is 12.6. The minimum Gasteiger partial charge on any atom is -0.497 e. The monoisotopic (exact) mass is 390 g/mol. The summed E-state index contributed by atoms with van der Waals surface area (Å²) in [5.74, 6) is 2.36. The van der Waals surface area contributed by atoms with Crippen LogP contribution in [0.3, 0.4) is 0 Å². The number of aromatic nitrogens is 2. The van der Waals surface area contributed by atoms with Gasteiger partial charge in [-0.15, -0.1) is 0 Å². The van der Waals surface area contributed by atoms with Crippen LogP contribution in [0.5, 0.6) is 11.5 Å². The van der Waals surface area contributed by atoms with Crippen LogP contribution in [0.25, 0.3) is 0 Å². The second-order valence-electron chi connectivity index (χ2n) is 6.08. The zero-order chi connectivity index (χ0) is 19.4. The van der Waals surface area contributed by atoms with Gasteiger partial charge in [-0.3, -0.25) is 9.59 Å². The zero-order valence-electron chi connectivity index (χ0n) is 15.5. The Morgan fingerprint density at radius 1 is 1.30 bits per heavy atom. The van der Waals surface area contributed by atoms with Gasteiger partial charge in [-0.25, -0.2) is 4.98 Å². The summed E-state index contributed by atoms with van der Waals surface area (Å²) in [7, 11) is 5.01.